The molecule has 5 heteroatoms. The molecule has 1 aliphatic carbocycles. The van der Waals surface area contributed by atoms with Crippen molar-refractivity contribution in [2.75, 3.05) is 13.1 Å². The number of hydrogen-bond donors (Lipinski definition) is 2. The average Bonchev–Trinajstić information content (AvgIpc) is 2.88. The maximum Gasteiger partial charge on any atom is 0.224 e. The monoisotopic (exact) mass is 253 g/mol. The van der Waals surface area contributed by atoms with Crippen LogP contribution in [0.2, 0.25) is 0 Å². The van der Waals surface area contributed by atoms with Gasteiger partial charge in [-0.05, 0) is 26.2 Å². The van der Waals surface area contributed by atoms with Gasteiger partial charge in [0.05, 0.1) is 5.92 Å². The lowest BCUT2D eigenvalue weighted by atomic mass is 10.0. The number of nitrogens with one attached hydrogen (secondary N) is 1. The van der Waals surface area contributed by atoms with Crippen LogP contribution in [0.4, 0.5) is 0 Å². The number of amides is 2. The third kappa shape index (κ3) is 3.02. The van der Waals surface area contributed by atoms with Gasteiger partial charge in [0.25, 0.3) is 0 Å². The molecule has 3 atom stereocenters. The normalized spacial score (nSPS) is 29.7. The van der Waals surface area contributed by atoms with Gasteiger partial charge in [-0.15, -0.1) is 0 Å². The number of nitrogens with two attached hydrogens (primary N) is 1. The van der Waals surface area contributed by atoms with Gasteiger partial charge in [-0.3, -0.25) is 9.59 Å². The molecule has 0 aromatic heterocycles. The van der Waals surface area contributed by atoms with Crippen molar-refractivity contribution in [2.24, 2.45) is 11.7 Å². The maximum atomic E-state index is 12.0. The van der Waals surface area contributed by atoms with Gasteiger partial charge < -0.3 is 16.0 Å². The zero-order chi connectivity index (χ0) is 13.1. The number of likely N-dealkylation sites (tertiary alicyclic amines) is 1. The molecule has 1 aliphatic heterocycles. The molecule has 5 nitrogen and oxygen atoms in total. The summed E-state index contributed by atoms with van der Waals surface area (Å²) in [7, 11) is 0. The van der Waals surface area contributed by atoms with E-state index < -0.39 is 0 Å². The highest BCUT2D eigenvalue weighted by Gasteiger charge is 2.31. The lowest BCUT2D eigenvalue weighted by Crippen LogP contribution is -2.46. The summed E-state index contributed by atoms with van der Waals surface area (Å²) in [6.07, 6.45) is 4.46. The van der Waals surface area contributed by atoms with Crippen molar-refractivity contribution >= 4 is 11.8 Å². The smallest absolute Gasteiger partial charge is 0.224 e. The minimum absolute atomic E-state index is 0.00520. The summed E-state index contributed by atoms with van der Waals surface area (Å²) < 4.78 is 0. The lowest BCUT2D eigenvalue weighted by Gasteiger charge is -2.24. The van der Waals surface area contributed by atoms with Crippen LogP contribution >= 0.6 is 0 Å². The van der Waals surface area contributed by atoms with Gasteiger partial charge in [0, 0.05) is 31.6 Å². The van der Waals surface area contributed by atoms with Crippen LogP contribution < -0.4 is 11.1 Å². The Bertz CT molecular complexity index is 332. The molecule has 2 rings (SSSR count). The predicted molar refractivity (Wildman–Crippen MR) is 68.7 cm³/mol. The quantitative estimate of drug-likeness (QED) is 0.753. The van der Waals surface area contributed by atoms with E-state index in [2.05, 4.69) is 5.32 Å². The van der Waals surface area contributed by atoms with E-state index in [1.165, 1.54) is 0 Å². The Morgan fingerprint density at radius 3 is 2.83 bits per heavy atom. The molecule has 102 valence electrons. The minimum atomic E-state index is -0.0401. The Labute approximate surface area is 108 Å². The first-order valence-electron chi connectivity index (χ1n) is 6.91. The topological polar surface area (TPSA) is 75.4 Å². The first-order valence-corrected chi connectivity index (χ1v) is 6.91. The van der Waals surface area contributed by atoms with Crippen molar-refractivity contribution in [1.82, 2.24) is 10.2 Å². The van der Waals surface area contributed by atoms with Gasteiger partial charge in [0.15, 0.2) is 0 Å². The van der Waals surface area contributed by atoms with Crippen LogP contribution in [0.5, 0.6) is 0 Å². The molecular weight excluding hydrogens is 230 g/mol. The summed E-state index contributed by atoms with van der Waals surface area (Å²) in [5, 5.41) is 2.99. The predicted octanol–water partition coefficient (Wildman–Crippen LogP) is 0.241. The van der Waals surface area contributed by atoms with Crippen LogP contribution in [0.1, 0.15) is 39.0 Å². The fourth-order valence-corrected chi connectivity index (χ4v) is 2.94. The molecule has 0 spiro atoms. The Hall–Kier alpha value is -1.10. The Morgan fingerprint density at radius 1 is 1.50 bits per heavy atom. The van der Waals surface area contributed by atoms with Gasteiger partial charge >= 0.3 is 0 Å². The minimum Gasteiger partial charge on any atom is -0.352 e. The second-order valence-electron chi connectivity index (χ2n) is 5.55. The number of hydrogen-bond acceptors (Lipinski definition) is 3. The molecule has 3 N–H and O–H groups in total. The second-order valence-corrected chi connectivity index (χ2v) is 5.55. The third-order valence-electron chi connectivity index (χ3n) is 3.96. The van der Waals surface area contributed by atoms with Crippen molar-refractivity contribution in [3.05, 3.63) is 0 Å². The van der Waals surface area contributed by atoms with Crippen LogP contribution in [0, 0.1) is 5.92 Å². The molecule has 1 saturated carbocycles. The molecule has 1 heterocycles. The summed E-state index contributed by atoms with van der Waals surface area (Å²) in [5.41, 5.74) is 5.92. The summed E-state index contributed by atoms with van der Waals surface area (Å²) in [5.74, 6) is 0.217. The molecule has 3 unspecified atom stereocenters. The van der Waals surface area contributed by atoms with Gasteiger partial charge in [0.2, 0.25) is 11.8 Å². The van der Waals surface area contributed by atoms with E-state index >= 15 is 0 Å². The Balaban J connectivity index is 1.78. The molecule has 0 aromatic carbocycles. The molecule has 0 aromatic rings. The fourth-order valence-electron chi connectivity index (χ4n) is 2.94. The van der Waals surface area contributed by atoms with E-state index in [0.717, 1.165) is 32.2 Å². The van der Waals surface area contributed by atoms with E-state index in [1.54, 1.807) is 0 Å². The Morgan fingerprint density at radius 2 is 2.28 bits per heavy atom. The largest absolute Gasteiger partial charge is 0.352 e. The lowest BCUT2D eigenvalue weighted by molar-refractivity contribution is -0.130. The van der Waals surface area contributed by atoms with Crippen LogP contribution in [0.15, 0.2) is 0 Å². The molecular formula is C13H23N3O2. The second kappa shape index (κ2) is 5.69. The fraction of sp³-hybridized carbons (Fsp3) is 0.846. The third-order valence-corrected chi connectivity index (χ3v) is 3.96. The molecule has 18 heavy (non-hydrogen) atoms. The highest BCUT2D eigenvalue weighted by atomic mass is 16.2. The van der Waals surface area contributed by atoms with E-state index in [1.807, 2.05) is 11.8 Å². The van der Waals surface area contributed by atoms with E-state index in [0.29, 0.717) is 13.0 Å². The zero-order valence-electron chi connectivity index (χ0n) is 11.0. The summed E-state index contributed by atoms with van der Waals surface area (Å²) in [6, 6.07) is 0.0120. The number of carbonyl (C=O) groups is 2. The zero-order valence-corrected chi connectivity index (χ0v) is 11.0. The van der Waals surface area contributed by atoms with Gasteiger partial charge in [0.1, 0.15) is 0 Å². The molecule has 0 bridgehead atoms. The number of rotatable bonds is 4. The van der Waals surface area contributed by atoms with Crippen LogP contribution in [0.3, 0.4) is 0 Å². The Kier molecular flexibility index (Phi) is 4.22. The van der Waals surface area contributed by atoms with E-state index in [9.17, 15) is 9.59 Å². The van der Waals surface area contributed by atoms with Crippen molar-refractivity contribution < 1.29 is 9.59 Å². The van der Waals surface area contributed by atoms with Gasteiger partial charge in [-0.2, -0.15) is 0 Å². The SMILES string of the molecule is CC(CN1CCCC1=O)NC(=O)C1CCCC1N. The van der Waals surface area contributed by atoms with Crippen molar-refractivity contribution in [1.29, 1.82) is 0 Å². The van der Waals surface area contributed by atoms with Crippen molar-refractivity contribution in [3.63, 3.8) is 0 Å². The standard InChI is InChI=1S/C13H23N3O2/c1-9(8-16-7-3-6-12(16)17)15-13(18)10-4-2-5-11(10)14/h9-11H,2-8,14H2,1H3,(H,15,18). The highest BCUT2D eigenvalue weighted by molar-refractivity contribution is 5.80. The van der Waals surface area contributed by atoms with Crippen LogP contribution in [-0.4, -0.2) is 41.9 Å². The van der Waals surface area contributed by atoms with Crippen LogP contribution in [0.25, 0.3) is 0 Å². The van der Waals surface area contributed by atoms with Gasteiger partial charge in [-0.1, -0.05) is 6.42 Å². The summed E-state index contributed by atoms with van der Waals surface area (Å²) >= 11 is 0. The van der Waals surface area contributed by atoms with Crippen LogP contribution in [-0.2, 0) is 9.59 Å². The van der Waals surface area contributed by atoms with E-state index in [-0.39, 0.29) is 29.8 Å². The molecule has 2 fully saturated rings. The molecule has 2 aliphatic rings. The maximum absolute atomic E-state index is 12.0. The summed E-state index contributed by atoms with van der Waals surface area (Å²) in [4.78, 5) is 25.4. The van der Waals surface area contributed by atoms with Crippen molar-refractivity contribution in [2.45, 2.75) is 51.1 Å². The summed E-state index contributed by atoms with van der Waals surface area (Å²) in [6.45, 7) is 3.39. The van der Waals surface area contributed by atoms with E-state index in [4.69, 9.17) is 5.73 Å². The highest BCUT2D eigenvalue weighted by Crippen LogP contribution is 2.24. The average molecular weight is 253 g/mol. The number of nitrogens with zero attached hydrogens (tertiary/aromatic N) is 1. The first-order chi connectivity index (χ1) is 8.58. The molecule has 0 radical (unpaired) electrons. The van der Waals surface area contributed by atoms with Gasteiger partial charge in [-0.25, -0.2) is 0 Å². The number of carbonyl (C=O) groups excluding carboxylic acids is 2. The first kappa shape index (κ1) is 13.3. The molecule has 2 amide bonds. The molecule has 1 saturated heterocycles. The van der Waals surface area contributed by atoms with Crippen molar-refractivity contribution in [3.8, 4) is 0 Å².